The topological polar surface area (TPSA) is 52.6 Å². The molecule has 1 saturated carbocycles. The van der Waals surface area contributed by atoms with Crippen molar-refractivity contribution in [2.24, 2.45) is 11.3 Å². The lowest BCUT2D eigenvalue weighted by Crippen LogP contribution is -2.60. The molecular formula is C11H14O4. The third-order valence-corrected chi connectivity index (χ3v) is 4.10. The highest BCUT2D eigenvalue weighted by Crippen LogP contribution is 2.66. The van der Waals surface area contributed by atoms with Gasteiger partial charge in [0, 0.05) is 6.92 Å². The smallest absolute Gasteiger partial charge is 0.302 e. The summed E-state index contributed by atoms with van der Waals surface area (Å²) in [6, 6.07) is 0. The standard InChI is InChI=1S/C11H14O4/c1-6(12)14-5-11-4-7-3-10(2,9(11)13)15-8(7)11/h7-8H,3-5H2,1-2H3/t7-,8-,10+,11+/m0/s1. The number of ether oxygens (including phenoxy) is 2. The summed E-state index contributed by atoms with van der Waals surface area (Å²) in [5, 5.41) is 0. The Hall–Kier alpha value is -0.900. The van der Waals surface area contributed by atoms with Gasteiger partial charge in [-0.1, -0.05) is 0 Å². The lowest BCUT2D eigenvalue weighted by atomic mass is 9.51. The van der Waals surface area contributed by atoms with Crippen molar-refractivity contribution in [3.05, 3.63) is 0 Å². The molecule has 15 heavy (non-hydrogen) atoms. The lowest BCUT2D eigenvalue weighted by molar-refractivity contribution is -0.161. The van der Waals surface area contributed by atoms with Crippen LogP contribution in [-0.2, 0) is 19.1 Å². The summed E-state index contributed by atoms with van der Waals surface area (Å²) in [7, 11) is 0. The second kappa shape index (κ2) is 2.43. The van der Waals surface area contributed by atoms with Crippen molar-refractivity contribution in [3.63, 3.8) is 0 Å². The second-order valence-electron chi connectivity index (χ2n) is 5.20. The molecule has 2 bridgehead atoms. The molecule has 4 atom stereocenters. The highest BCUT2D eigenvalue weighted by atomic mass is 16.6. The van der Waals surface area contributed by atoms with E-state index >= 15 is 0 Å². The number of rotatable bonds is 2. The Morgan fingerprint density at radius 1 is 1.60 bits per heavy atom. The van der Waals surface area contributed by atoms with E-state index < -0.39 is 11.0 Å². The quantitative estimate of drug-likeness (QED) is 0.629. The van der Waals surface area contributed by atoms with Crippen molar-refractivity contribution in [3.8, 4) is 0 Å². The van der Waals surface area contributed by atoms with Gasteiger partial charge in [-0.05, 0) is 25.7 Å². The SMILES string of the molecule is CC(=O)OC[C@]12C[C@@H]3C[C@@](C)(O[C@@H]31)C2=O. The van der Waals surface area contributed by atoms with Crippen LogP contribution in [0.5, 0.6) is 0 Å². The number of hydrogen-bond donors (Lipinski definition) is 0. The molecule has 82 valence electrons. The Labute approximate surface area is 87.9 Å². The zero-order valence-electron chi connectivity index (χ0n) is 8.91. The Kier molecular flexibility index (Phi) is 1.51. The Bertz CT molecular complexity index is 364. The average Bonchev–Trinajstić information content (AvgIpc) is 2.50. The third kappa shape index (κ3) is 0.911. The molecule has 0 N–H and O–H groups in total. The predicted molar refractivity (Wildman–Crippen MR) is 50.1 cm³/mol. The fraction of sp³-hybridized carbons (Fsp3) is 0.818. The van der Waals surface area contributed by atoms with E-state index in [1.165, 1.54) is 6.92 Å². The molecule has 3 fully saturated rings. The first-order chi connectivity index (χ1) is 6.98. The largest absolute Gasteiger partial charge is 0.465 e. The van der Waals surface area contributed by atoms with E-state index in [2.05, 4.69) is 0 Å². The number of esters is 1. The molecule has 0 radical (unpaired) electrons. The molecule has 0 amide bonds. The Balaban J connectivity index is 1.84. The third-order valence-electron chi connectivity index (χ3n) is 4.10. The van der Waals surface area contributed by atoms with Gasteiger partial charge in [0.2, 0.25) is 0 Å². The molecule has 1 aliphatic carbocycles. The number of carbonyl (C=O) groups excluding carboxylic acids is 2. The minimum atomic E-state index is -0.590. The summed E-state index contributed by atoms with van der Waals surface area (Å²) in [4.78, 5) is 22.9. The summed E-state index contributed by atoms with van der Waals surface area (Å²) in [5.74, 6) is 0.320. The van der Waals surface area contributed by atoms with E-state index in [0.29, 0.717) is 5.92 Å². The van der Waals surface area contributed by atoms with Gasteiger partial charge in [0.1, 0.15) is 12.2 Å². The summed E-state index contributed by atoms with van der Waals surface area (Å²) < 4.78 is 10.7. The van der Waals surface area contributed by atoms with Gasteiger partial charge >= 0.3 is 5.97 Å². The molecule has 4 nitrogen and oxygen atoms in total. The average molecular weight is 210 g/mol. The minimum absolute atomic E-state index is 0.00866. The predicted octanol–water partition coefficient (Wildman–Crippen LogP) is 0.686. The van der Waals surface area contributed by atoms with Crippen molar-refractivity contribution < 1.29 is 19.1 Å². The fourth-order valence-electron chi connectivity index (χ4n) is 3.53. The summed E-state index contributed by atoms with van der Waals surface area (Å²) in [6.45, 7) is 3.43. The summed E-state index contributed by atoms with van der Waals surface area (Å²) in [5.41, 5.74) is -1.09. The highest BCUT2D eigenvalue weighted by Gasteiger charge is 2.76. The van der Waals surface area contributed by atoms with E-state index in [1.54, 1.807) is 0 Å². The number of fused-ring (bicyclic) bond motifs is 1. The Morgan fingerprint density at radius 2 is 2.33 bits per heavy atom. The van der Waals surface area contributed by atoms with Crippen LogP contribution < -0.4 is 0 Å². The molecule has 0 spiro atoms. The van der Waals surface area contributed by atoms with Crippen LogP contribution in [-0.4, -0.2) is 30.1 Å². The molecule has 2 saturated heterocycles. The second-order valence-corrected chi connectivity index (χ2v) is 5.20. The van der Waals surface area contributed by atoms with Gasteiger partial charge in [0.15, 0.2) is 5.78 Å². The van der Waals surface area contributed by atoms with Crippen molar-refractivity contribution in [1.82, 2.24) is 0 Å². The van der Waals surface area contributed by atoms with Crippen LogP contribution in [0.25, 0.3) is 0 Å². The van der Waals surface area contributed by atoms with Gasteiger partial charge in [0.25, 0.3) is 0 Å². The highest BCUT2D eigenvalue weighted by molar-refractivity contribution is 5.98. The Morgan fingerprint density at radius 3 is 2.87 bits per heavy atom. The van der Waals surface area contributed by atoms with Gasteiger partial charge in [-0.25, -0.2) is 0 Å². The van der Waals surface area contributed by atoms with Crippen LogP contribution >= 0.6 is 0 Å². The van der Waals surface area contributed by atoms with Crippen LogP contribution in [0.4, 0.5) is 0 Å². The van der Waals surface area contributed by atoms with Gasteiger partial charge in [-0.2, -0.15) is 0 Å². The molecule has 4 heteroatoms. The van der Waals surface area contributed by atoms with Crippen molar-refractivity contribution in [2.75, 3.05) is 6.61 Å². The van der Waals surface area contributed by atoms with Crippen LogP contribution in [0.15, 0.2) is 0 Å². The van der Waals surface area contributed by atoms with Crippen molar-refractivity contribution >= 4 is 11.8 Å². The van der Waals surface area contributed by atoms with Crippen molar-refractivity contribution in [2.45, 2.75) is 38.4 Å². The van der Waals surface area contributed by atoms with E-state index in [1.807, 2.05) is 6.92 Å². The first-order valence-corrected chi connectivity index (χ1v) is 5.34. The zero-order valence-corrected chi connectivity index (χ0v) is 8.91. The van der Waals surface area contributed by atoms with E-state index in [-0.39, 0.29) is 24.5 Å². The molecule has 3 aliphatic rings. The van der Waals surface area contributed by atoms with Crippen LogP contribution in [0.1, 0.15) is 26.7 Å². The zero-order chi connectivity index (χ0) is 10.8. The fourth-order valence-corrected chi connectivity index (χ4v) is 3.53. The van der Waals surface area contributed by atoms with Gasteiger partial charge < -0.3 is 9.47 Å². The van der Waals surface area contributed by atoms with Crippen LogP contribution in [0, 0.1) is 11.3 Å². The normalized spacial score (nSPS) is 50.4. The molecule has 0 aromatic heterocycles. The molecule has 0 aromatic rings. The first-order valence-electron chi connectivity index (χ1n) is 5.34. The van der Waals surface area contributed by atoms with Crippen molar-refractivity contribution in [1.29, 1.82) is 0 Å². The molecule has 2 heterocycles. The minimum Gasteiger partial charge on any atom is -0.465 e. The number of Topliss-reactive ketones (excluding diaryl/α,β-unsaturated/α-hetero) is 1. The molecule has 0 aromatic carbocycles. The monoisotopic (exact) mass is 210 g/mol. The van der Waals surface area contributed by atoms with E-state index in [9.17, 15) is 9.59 Å². The maximum atomic E-state index is 12.1. The number of ketones is 1. The van der Waals surface area contributed by atoms with Crippen LogP contribution in [0.2, 0.25) is 0 Å². The summed E-state index contributed by atoms with van der Waals surface area (Å²) in [6.07, 6.45) is 1.69. The van der Waals surface area contributed by atoms with E-state index in [0.717, 1.165) is 12.8 Å². The van der Waals surface area contributed by atoms with Gasteiger partial charge in [-0.15, -0.1) is 0 Å². The molecule has 0 unspecified atom stereocenters. The van der Waals surface area contributed by atoms with Gasteiger partial charge in [-0.3, -0.25) is 9.59 Å². The molecule has 2 aliphatic heterocycles. The first kappa shape index (κ1) is 9.33. The molecule has 3 rings (SSSR count). The maximum absolute atomic E-state index is 12.1. The molecular weight excluding hydrogens is 196 g/mol. The number of carbonyl (C=O) groups is 2. The van der Waals surface area contributed by atoms with E-state index in [4.69, 9.17) is 9.47 Å². The maximum Gasteiger partial charge on any atom is 0.302 e. The van der Waals surface area contributed by atoms with Gasteiger partial charge in [0.05, 0.1) is 11.5 Å². The van der Waals surface area contributed by atoms with Crippen LogP contribution in [0.3, 0.4) is 0 Å². The summed E-state index contributed by atoms with van der Waals surface area (Å²) >= 11 is 0. The lowest BCUT2D eigenvalue weighted by Gasteiger charge is -2.49. The number of hydrogen-bond acceptors (Lipinski definition) is 4.